The zero-order valence-corrected chi connectivity index (χ0v) is 11.5. The molecule has 4 heterocycles. The summed E-state index contributed by atoms with van der Waals surface area (Å²) >= 11 is 0. The summed E-state index contributed by atoms with van der Waals surface area (Å²) in [5.74, 6) is -2.85. The molecule has 0 atom stereocenters. The summed E-state index contributed by atoms with van der Waals surface area (Å²) in [4.78, 5) is 29.1. The molecule has 0 saturated carbocycles. The molecule has 112 valence electrons. The maximum Gasteiger partial charge on any atom is 0.414 e. The Bertz CT molecular complexity index is 524. The van der Waals surface area contributed by atoms with E-state index in [0.717, 1.165) is 18.2 Å². The van der Waals surface area contributed by atoms with Crippen LogP contribution < -0.4 is 0 Å². The second-order valence-corrected chi connectivity index (χ2v) is 5.01. The van der Waals surface area contributed by atoms with Gasteiger partial charge in [0.15, 0.2) is 0 Å². The van der Waals surface area contributed by atoms with Gasteiger partial charge in [-0.1, -0.05) is 5.57 Å². The molecule has 4 rings (SSSR count). The third-order valence-corrected chi connectivity index (χ3v) is 3.62. The van der Waals surface area contributed by atoms with Crippen molar-refractivity contribution in [3.05, 3.63) is 29.9 Å². The molecule has 0 amide bonds. The zero-order valence-electron chi connectivity index (χ0n) is 11.5. The normalized spacial score (nSPS) is 25.0. The van der Waals surface area contributed by atoms with Crippen molar-refractivity contribution in [3.8, 4) is 0 Å². The van der Waals surface area contributed by atoms with E-state index in [1.54, 1.807) is 18.0 Å². The Kier molecular flexibility index (Phi) is 4.99. The molecule has 3 fully saturated rings. The number of carbonyl (C=O) groups is 2. The van der Waals surface area contributed by atoms with Crippen molar-refractivity contribution in [1.29, 1.82) is 0 Å². The monoisotopic (exact) mass is 291 g/mol. The van der Waals surface area contributed by atoms with Gasteiger partial charge in [0.2, 0.25) is 0 Å². The number of nitrogens with zero attached hydrogens (tertiary/aromatic N) is 3. The van der Waals surface area contributed by atoms with Crippen LogP contribution in [0.2, 0.25) is 0 Å². The van der Waals surface area contributed by atoms with E-state index in [0.29, 0.717) is 0 Å². The molecule has 0 spiro atoms. The molecule has 0 radical (unpaired) electrons. The number of carboxylic acid groups (broad SMARTS) is 2. The van der Waals surface area contributed by atoms with Crippen LogP contribution in [0.4, 0.5) is 0 Å². The van der Waals surface area contributed by atoms with Crippen molar-refractivity contribution in [3.63, 3.8) is 0 Å². The third kappa shape index (κ3) is 4.35. The molecule has 7 nitrogen and oxygen atoms in total. The molecule has 0 aliphatic carbocycles. The average molecular weight is 291 g/mol. The van der Waals surface area contributed by atoms with E-state index < -0.39 is 11.9 Å². The molecule has 7 heteroatoms. The number of rotatable bonds is 1. The Morgan fingerprint density at radius 2 is 1.86 bits per heavy atom. The Morgan fingerprint density at radius 3 is 2.29 bits per heavy atom. The highest BCUT2D eigenvalue weighted by Crippen LogP contribution is 2.32. The Balaban J connectivity index is 0.000000232. The fourth-order valence-corrected chi connectivity index (χ4v) is 2.59. The fourth-order valence-electron chi connectivity index (χ4n) is 2.59. The first-order chi connectivity index (χ1) is 10.1. The fraction of sp³-hybridized carbons (Fsp3) is 0.429. The van der Waals surface area contributed by atoms with Crippen LogP contribution in [0.25, 0.3) is 6.08 Å². The number of hydrogen-bond acceptors (Lipinski definition) is 5. The summed E-state index contributed by atoms with van der Waals surface area (Å²) in [5, 5.41) is 14.8. The van der Waals surface area contributed by atoms with Gasteiger partial charge in [-0.05, 0) is 37.9 Å². The summed E-state index contributed by atoms with van der Waals surface area (Å²) in [7, 11) is 0. The number of aliphatic carboxylic acids is 2. The maximum absolute atomic E-state index is 9.10. The molecule has 1 aromatic heterocycles. The second kappa shape index (κ2) is 6.94. The summed E-state index contributed by atoms with van der Waals surface area (Å²) in [6, 6.07) is 0. The lowest BCUT2D eigenvalue weighted by molar-refractivity contribution is -0.159. The van der Waals surface area contributed by atoms with Gasteiger partial charge in [-0.2, -0.15) is 0 Å². The van der Waals surface area contributed by atoms with Crippen molar-refractivity contribution in [2.24, 2.45) is 5.92 Å². The van der Waals surface area contributed by atoms with E-state index in [4.69, 9.17) is 19.8 Å². The van der Waals surface area contributed by atoms with E-state index in [-0.39, 0.29) is 0 Å². The highest BCUT2D eigenvalue weighted by Gasteiger charge is 2.29. The quantitative estimate of drug-likeness (QED) is 0.735. The highest BCUT2D eigenvalue weighted by molar-refractivity contribution is 6.27. The van der Waals surface area contributed by atoms with Crippen LogP contribution in [-0.4, -0.2) is 56.7 Å². The third-order valence-electron chi connectivity index (χ3n) is 3.62. The number of hydrogen-bond donors (Lipinski definition) is 2. The lowest BCUT2D eigenvalue weighted by Gasteiger charge is -2.41. The smallest absolute Gasteiger partial charge is 0.414 e. The number of aromatic nitrogens is 2. The second-order valence-electron chi connectivity index (χ2n) is 5.01. The molecule has 3 aliphatic rings. The molecule has 3 saturated heterocycles. The van der Waals surface area contributed by atoms with Gasteiger partial charge < -0.3 is 10.2 Å². The van der Waals surface area contributed by atoms with Crippen molar-refractivity contribution in [2.45, 2.75) is 12.8 Å². The number of carboxylic acids is 2. The van der Waals surface area contributed by atoms with E-state index >= 15 is 0 Å². The summed E-state index contributed by atoms with van der Waals surface area (Å²) < 4.78 is 0. The SMILES string of the molecule is C(=C1CN2CCC1CC2)c1cnccn1.O=C(O)C(=O)O. The average Bonchev–Trinajstić information content (AvgIpc) is 2.50. The topological polar surface area (TPSA) is 104 Å². The van der Waals surface area contributed by atoms with Crippen molar-refractivity contribution >= 4 is 18.0 Å². The van der Waals surface area contributed by atoms with Crippen LogP contribution in [0.1, 0.15) is 18.5 Å². The molecular formula is C14H17N3O4. The molecule has 2 N–H and O–H groups in total. The molecule has 1 aromatic rings. The predicted molar refractivity (Wildman–Crippen MR) is 74.4 cm³/mol. The van der Waals surface area contributed by atoms with Gasteiger partial charge in [-0.15, -0.1) is 0 Å². The van der Waals surface area contributed by atoms with Crippen molar-refractivity contribution in [2.75, 3.05) is 19.6 Å². The summed E-state index contributed by atoms with van der Waals surface area (Å²) in [5.41, 5.74) is 2.55. The van der Waals surface area contributed by atoms with E-state index in [1.165, 1.54) is 25.9 Å². The Hall–Kier alpha value is -2.28. The minimum Gasteiger partial charge on any atom is -0.473 e. The molecular weight excluding hydrogens is 274 g/mol. The van der Waals surface area contributed by atoms with E-state index in [2.05, 4.69) is 20.9 Å². The number of piperidine rings is 3. The Morgan fingerprint density at radius 1 is 1.19 bits per heavy atom. The molecule has 0 aromatic carbocycles. The van der Waals surface area contributed by atoms with Gasteiger partial charge in [-0.25, -0.2) is 9.59 Å². The van der Waals surface area contributed by atoms with E-state index in [9.17, 15) is 0 Å². The Labute approximate surface area is 121 Å². The van der Waals surface area contributed by atoms with Crippen LogP contribution in [0, 0.1) is 5.92 Å². The first-order valence-electron chi connectivity index (χ1n) is 6.71. The van der Waals surface area contributed by atoms with Crippen LogP contribution >= 0.6 is 0 Å². The van der Waals surface area contributed by atoms with Crippen LogP contribution in [-0.2, 0) is 9.59 Å². The number of fused-ring (bicyclic) bond motifs is 3. The van der Waals surface area contributed by atoms with E-state index in [1.807, 2.05) is 6.20 Å². The van der Waals surface area contributed by atoms with Crippen LogP contribution in [0.3, 0.4) is 0 Å². The molecule has 0 unspecified atom stereocenters. The zero-order chi connectivity index (χ0) is 15.2. The lowest BCUT2D eigenvalue weighted by atomic mass is 9.83. The predicted octanol–water partition coefficient (Wildman–Crippen LogP) is 0.741. The van der Waals surface area contributed by atoms with Crippen molar-refractivity contribution < 1.29 is 19.8 Å². The van der Waals surface area contributed by atoms with Crippen LogP contribution in [0.5, 0.6) is 0 Å². The van der Waals surface area contributed by atoms with Gasteiger partial charge in [-0.3, -0.25) is 14.9 Å². The minimum absolute atomic E-state index is 0.803. The van der Waals surface area contributed by atoms with Gasteiger partial charge in [0.05, 0.1) is 11.9 Å². The highest BCUT2D eigenvalue weighted by atomic mass is 16.4. The lowest BCUT2D eigenvalue weighted by Crippen LogP contribution is -2.42. The molecule has 21 heavy (non-hydrogen) atoms. The van der Waals surface area contributed by atoms with Gasteiger partial charge in [0, 0.05) is 18.9 Å². The standard InChI is InChI=1S/C12H15N3.C2H2O4/c1-5-15-6-2-10(1)11(9-15)7-12-8-13-3-4-14-12;3-1(4)2(5)6/h3-4,7-8,10H,1-2,5-6,9H2;(H,3,4)(H,5,6). The van der Waals surface area contributed by atoms with Crippen molar-refractivity contribution in [1.82, 2.24) is 14.9 Å². The summed E-state index contributed by atoms with van der Waals surface area (Å²) in [6.45, 7) is 3.70. The first-order valence-corrected chi connectivity index (χ1v) is 6.71. The van der Waals surface area contributed by atoms with Gasteiger partial charge in [0.1, 0.15) is 0 Å². The molecule has 3 aliphatic heterocycles. The summed E-state index contributed by atoms with van der Waals surface area (Å²) in [6.07, 6.45) is 10.2. The van der Waals surface area contributed by atoms with Crippen LogP contribution in [0.15, 0.2) is 24.2 Å². The first kappa shape index (κ1) is 15.1. The molecule has 2 bridgehead atoms. The minimum atomic E-state index is -1.82. The largest absolute Gasteiger partial charge is 0.473 e. The van der Waals surface area contributed by atoms with Gasteiger partial charge in [0.25, 0.3) is 0 Å². The van der Waals surface area contributed by atoms with Gasteiger partial charge >= 0.3 is 11.9 Å². The maximum atomic E-state index is 9.10.